The van der Waals surface area contributed by atoms with Crippen molar-refractivity contribution < 1.29 is 0 Å². The zero-order valence-corrected chi connectivity index (χ0v) is 32.4. The molecule has 1 atom stereocenters. The fourth-order valence-electron chi connectivity index (χ4n) is 10.0. The molecule has 0 aromatic heterocycles. The van der Waals surface area contributed by atoms with Gasteiger partial charge in [0.2, 0.25) is 5.04 Å². The monoisotopic (exact) mass is 638 g/mol. The van der Waals surface area contributed by atoms with Crippen molar-refractivity contribution in [3.63, 3.8) is 0 Å². The molecule has 0 aromatic carbocycles. The van der Waals surface area contributed by atoms with Crippen LogP contribution in [-0.2, 0) is 0 Å². The molecule has 0 spiro atoms. The molecule has 32 heavy (non-hydrogen) atoms. The molecule has 0 aliphatic rings. The van der Waals surface area contributed by atoms with E-state index in [-0.39, 0.29) is 30.2 Å². The highest BCUT2D eigenvalue weighted by atomic mass is 79.9. The summed E-state index contributed by atoms with van der Waals surface area (Å²) < 4.78 is 0. The maximum atomic E-state index is 8.26. The van der Waals surface area contributed by atoms with Crippen LogP contribution in [0.15, 0.2) is 0 Å². The van der Waals surface area contributed by atoms with Gasteiger partial charge in [-0.3, -0.25) is 0 Å². The second-order valence-electron chi connectivity index (χ2n) is 16.1. The van der Waals surface area contributed by atoms with Crippen LogP contribution in [-0.4, -0.2) is 25.9 Å². The Balaban J connectivity index is 8.24. The third-order valence-electron chi connectivity index (χ3n) is 8.09. The summed E-state index contributed by atoms with van der Waals surface area (Å²) in [6, 6.07) is 0. The minimum absolute atomic E-state index is 0.00603. The zero-order chi connectivity index (χ0) is 27.0. The van der Waals surface area contributed by atoms with Gasteiger partial charge in [-0.05, 0) is 30.2 Å². The van der Waals surface area contributed by atoms with Gasteiger partial charge in [0.05, 0.1) is 15.2 Å². The van der Waals surface area contributed by atoms with E-state index < -0.39 is 25.9 Å². The Kier molecular flexibility index (Phi) is 9.52. The highest BCUT2D eigenvalue weighted by molar-refractivity contribution is 9.32. The predicted octanol–water partition coefficient (Wildman–Crippen LogP) is 11.9. The Morgan fingerprint density at radius 1 is 0.375 bits per heavy atom. The quantitative estimate of drug-likeness (QED) is 0.213. The van der Waals surface area contributed by atoms with Gasteiger partial charge in [0.15, 0.2) is 0 Å². The lowest BCUT2D eigenvalue weighted by molar-refractivity contribution is 0.551. The van der Waals surface area contributed by atoms with Gasteiger partial charge in [0.25, 0.3) is 5.73 Å². The van der Waals surface area contributed by atoms with Crippen LogP contribution in [0.25, 0.3) is 0 Å². The Morgan fingerprint density at radius 2 is 0.531 bits per heavy atom. The average molecular weight is 641 g/mol. The molecule has 8 heteroatoms. The first kappa shape index (κ1) is 34.2. The molecule has 0 heterocycles. The molecule has 0 saturated carbocycles. The molecule has 0 nitrogen and oxygen atoms in total. The molecule has 0 rings (SSSR count). The molecule has 0 aliphatic carbocycles. The summed E-state index contributed by atoms with van der Waals surface area (Å²) in [4.78, 5) is 0. The molecular formula is C24H54BrCl3Si4. The maximum Gasteiger partial charge on any atom is 0.256 e. The van der Waals surface area contributed by atoms with Crippen molar-refractivity contribution in [2.24, 2.45) is 0 Å². The van der Waals surface area contributed by atoms with Crippen molar-refractivity contribution in [3.8, 4) is 0 Å². The highest BCUT2D eigenvalue weighted by Crippen LogP contribution is 2.75. The SMILES string of the molecule is CC(C)(C)[Si](C(C)(C)C)(C(C)(C)C)[Si](Cl)(Cl)[Si](Cl)(Br)[Si](C(C)(C)C)(C(C)(C)C)C(C)(C)C. The van der Waals surface area contributed by atoms with Gasteiger partial charge in [0.1, 0.15) is 0 Å². The Bertz CT molecular complexity index is 545. The van der Waals surface area contributed by atoms with E-state index in [1.807, 2.05) is 0 Å². The van der Waals surface area contributed by atoms with Gasteiger partial charge in [-0.2, -0.15) is 33.2 Å². The summed E-state index contributed by atoms with van der Waals surface area (Å²) in [6.07, 6.45) is 0. The van der Waals surface area contributed by atoms with E-state index in [1.165, 1.54) is 0 Å². The van der Waals surface area contributed by atoms with Crippen molar-refractivity contribution in [2.75, 3.05) is 0 Å². The molecular weight excluding hydrogens is 587 g/mol. The van der Waals surface area contributed by atoms with E-state index in [9.17, 15) is 0 Å². The summed E-state index contributed by atoms with van der Waals surface area (Å²) in [7, 11) is -4.98. The fourth-order valence-corrected chi connectivity index (χ4v) is 147. The second kappa shape index (κ2) is 8.91. The van der Waals surface area contributed by atoms with Crippen LogP contribution >= 0.6 is 48.5 Å². The summed E-state index contributed by atoms with van der Waals surface area (Å²) in [6.45, 7) is 43.2. The molecule has 0 aliphatic heterocycles. The summed E-state index contributed by atoms with van der Waals surface area (Å²) in [5.41, 5.74) is -3.12. The lowest BCUT2D eigenvalue weighted by atomic mass is 10.2. The first-order chi connectivity index (χ1) is 13.2. The minimum Gasteiger partial charge on any atom is -0.157 e. The predicted molar refractivity (Wildman–Crippen MR) is 168 cm³/mol. The topological polar surface area (TPSA) is 0 Å². The molecule has 1 unspecified atom stereocenters. The normalized spacial score (nSPS) is 18.6. The fraction of sp³-hybridized carbons (Fsp3) is 1.00. The van der Waals surface area contributed by atoms with E-state index in [4.69, 9.17) is 33.2 Å². The van der Waals surface area contributed by atoms with E-state index in [2.05, 4.69) is 140 Å². The van der Waals surface area contributed by atoms with Gasteiger partial charge in [-0.25, -0.2) is 0 Å². The summed E-state index contributed by atoms with van der Waals surface area (Å²) >= 11 is 29.1. The maximum absolute atomic E-state index is 8.26. The van der Waals surface area contributed by atoms with E-state index in [1.54, 1.807) is 0 Å². The van der Waals surface area contributed by atoms with Gasteiger partial charge in [0, 0.05) is 0 Å². The van der Waals surface area contributed by atoms with Crippen LogP contribution in [0, 0.1) is 0 Å². The van der Waals surface area contributed by atoms with Gasteiger partial charge < -0.3 is 0 Å². The van der Waals surface area contributed by atoms with Crippen molar-refractivity contribution in [2.45, 2.75) is 155 Å². The largest absolute Gasteiger partial charge is 0.256 e. The molecule has 0 amide bonds. The first-order valence-corrected chi connectivity index (χ1v) is 28.3. The lowest BCUT2D eigenvalue weighted by Gasteiger charge is -2.71. The van der Waals surface area contributed by atoms with E-state index >= 15 is 0 Å². The number of hydrogen-bond donors (Lipinski definition) is 0. The second-order valence-corrected chi connectivity index (χ2v) is 67.7. The molecule has 0 aromatic rings. The standard InChI is InChI=1S/C24H54BrCl3Si4/c1-19(2,3)29(20(4,5)6,21(7,8)9)31(25,26)32(27,28)30(22(10,11)12,23(13,14)15)24(16,17)18/h1-18H3. The van der Waals surface area contributed by atoms with Crippen LogP contribution in [0.2, 0.25) is 30.2 Å². The van der Waals surface area contributed by atoms with E-state index in [0.717, 1.165) is 0 Å². The summed E-state index contributed by atoms with van der Waals surface area (Å²) in [5.74, 6) is 0. The van der Waals surface area contributed by atoms with Gasteiger partial charge >= 0.3 is 0 Å². The smallest absolute Gasteiger partial charge is 0.157 e. The molecule has 0 radical (unpaired) electrons. The van der Waals surface area contributed by atoms with Crippen molar-refractivity contribution in [1.82, 2.24) is 0 Å². The highest BCUT2D eigenvalue weighted by Gasteiger charge is 2.85. The van der Waals surface area contributed by atoms with Crippen LogP contribution in [0.5, 0.6) is 0 Å². The van der Waals surface area contributed by atoms with Crippen molar-refractivity contribution in [1.29, 1.82) is 0 Å². The van der Waals surface area contributed by atoms with Crippen LogP contribution in [0.4, 0.5) is 0 Å². The third kappa shape index (κ3) is 4.53. The molecule has 0 bridgehead atoms. The number of rotatable bonds is 3. The third-order valence-corrected chi connectivity index (χ3v) is 101. The van der Waals surface area contributed by atoms with Crippen LogP contribution in [0.1, 0.15) is 125 Å². The van der Waals surface area contributed by atoms with Crippen molar-refractivity contribution >= 4 is 74.5 Å². The Morgan fingerprint density at radius 3 is 0.656 bits per heavy atom. The molecule has 0 N–H and O–H groups in total. The average Bonchev–Trinajstić information content (AvgIpc) is 2.25. The Labute approximate surface area is 227 Å². The Hall–Kier alpha value is 2.22. The van der Waals surface area contributed by atoms with Crippen LogP contribution in [0.3, 0.4) is 0 Å². The van der Waals surface area contributed by atoms with E-state index in [0.29, 0.717) is 0 Å². The molecule has 194 valence electrons. The molecule has 0 fully saturated rings. The van der Waals surface area contributed by atoms with Crippen LogP contribution < -0.4 is 0 Å². The van der Waals surface area contributed by atoms with Gasteiger partial charge in [-0.15, -0.1) is 15.3 Å². The zero-order valence-electron chi connectivity index (χ0n) is 24.5. The minimum atomic E-state index is -3.12. The lowest BCUT2D eigenvalue weighted by Crippen LogP contribution is -2.87. The van der Waals surface area contributed by atoms with Crippen molar-refractivity contribution in [3.05, 3.63) is 0 Å². The first-order valence-electron chi connectivity index (χ1n) is 12.0. The number of halogens is 4. The number of hydrogen-bond acceptors (Lipinski definition) is 0. The molecule has 0 saturated heterocycles. The van der Waals surface area contributed by atoms with Gasteiger partial charge in [-0.1, -0.05) is 125 Å². The summed E-state index contributed by atoms with van der Waals surface area (Å²) in [5, 5.41) is -2.87.